The summed E-state index contributed by atoms with van der Waals surface area (Å²) in [7, 11) is 0. The van der Waals surface area contributed by atoms with Gasteiger partial charge in [0.05, 0.1) is 10.4 Å². The molecular formula is C18H14N4O2S. The Morgan fingerprint density at radius 1 is 1.16 bits per heavy atom. The molecule has 1 aromatic carbocycles. The molecular weight excluding hydrogens is 336 g/mol. The Hall–Kier alpha value is -3.19. The van der Waals surface area contributed by atoms with E-state index in [-0.39, 0.29) is 5.56 Å². The number of aliphatic imine (C=N–C) groups is 1. The highest BCUT2D eigenvalue weighted by molar-refractivity contribution is 7.16. The van der Waals surface area contributed by atoms with Crippen molar-refractivity contribution in [2.45, 2.75) is 5.54 Å². The van der Waals surface area contributed by atoms with Crippen LogP contribution in [0.4, 0.5) is 0 Å². The van der Waals surface area contributed by atoms with Crippen LogP contribution in [0, 0.1) is 0 Å². The van der Waals surface area contributed by atoms with E-state index >= 15 is 0 Å². The number of rotatable bonds is 4. The van der Waals surface area contributed by atoms with Gasteiger partial charge in [0.2, 0.25) is 5.91 Å². The lowest BCUT2D eigenvalue weighted by Gasteiger charge is -2.19. The summed E-state index contributed by atoms with van der Waals surface area (Å²) in [6, 6.07) is 9.59. The SMILES string of the molecule is NC(=O)c1cc(-c2ccc3[nH]ccc3c2)sc1C1(C(N)=O)C=CC=N1. The van der Waals surface area contributed by atoms with Gasteiger partial charge in [-0.05, 0) is 47.4 Å². The average Bonchev–Trinajstić information content (AvgIpc) is 3.32. The quantitative estimate of drug-likeness (QED) is 0.670. The summed E-state index contributed by atoms with van der Waals surface area (Å²) in [4.78, 5) is 32.7. The molecule has 5 N–H and O–H groups in total. The van der Waals surface area contributed by atoms with Gasteiger partial charge in [0.25, 0.3) is 5.91 Å². The topological polar surface area (TPSA) is 114 Å². The lowest BCUT2D eigenvalue weighted by molar-refractivity contribution is -0.121. The molecule has 1 atom stereocenters. The summed E-state index contributed by atoms with van der Waals surface area (Å²) < 4.78 is 0. The van der Waals surface area contributed by atoms with Gasteiger partial charge >= 0.3 is 0 Å². The fourth-order valence-electron chi connectivity index (χ4n) is 2.98. The second-order valence-electron chi connectivity index (χ2n) is 5.77. The number of nitrogens with zero attached hydrogens (tertiary/aromatic N) is 1. The fourth-order valence-corrected chi connectivity index (χ4v) is 4.27. The smallest absolute Gasteiger partial charge is 0.254 e. The van der Waals surface area contributed by atoms with Crippen LogP contribution in [0.25, 0.3) is 21.3 Å². The molecule has 0 bridgehead atoms. The molecule has 6 nitrogen and oxygen atoms in total. The Bertz CT molecular complexity index is 1060. The van der Waals surface area contributed by atoms with E-state index in [0.717, 1.165) is 21.3 Å². The van der Waals surface area contributed by atoms with Crippen LogP contribution in [0.5, 0.6) is 0 Å². The predicted octanol–water partition coefficient (Wildman–Crippen LogP) is 2.32. The van der Waals surface area contributed by atoms with E-state index in [2.05, 4.69) is 9.98 Å². The van der Waals surface area contributed by atoms with Gasteiger partial charge in [0.15, 0.2) is 5.54 Å². The maximum absolute atomic E-state index is 12.1. The number of nitrogens with two attached hydrogens (primary N) is 2. The van der Waals surface area contributed by atoms with Crippen molar-refractivity contribution in [1.29, 1.82) is 0 Å². The second-order valence-corrected chi connectivity index (χ2v) is 6.82. The third-order valence-corrected chi connectivity index (χ3v) is 5.57. The minimum Gasteiger partial charge on any atom is -0.367 e. The van der Waals surface area contributed by atoms with Crippen molar-refractivity contribution in [1.82, 2.24) is 4.98 Å². The maximum atomic E-state index is 12.1. The number of benzene rings is 1. The molecule has 25 heavy (non-hydrogen) atoms. The number of H-pyrrole nitrogens is 1. The molecule has 7 heteroatoms. The molecule has 0 aliphatic carbocycles. The van der Waals surface area contributed by atoms with Crippen LogP contribution in [0.1, 0.15) is 15.2 Å². The van der Waals surface area contributed by atoms with Gasteiger partial charge in [0.1, 0.15) is 0 Å². The molecule has 3 heterocycles. The number of amides is 2. The first-order chi connectivity index (χ1) is 12.0. The third-order valence-electron chi connectivity index (χ3n) is 4.26. The van der Waals surface area contributed by atoms with Crippen molar-refractivity contribution < 1.29 is 9.59 Å². The summed E-state index contributed by atoms with van der Waals surface area (Å²) >= 11 is 1.30. The van der Waals surface area contributed by atoms with Gasteiger partial charge in [-0.25, -0.2) is 0 Å². The van der Waals surface area contributed by atoms with Crippen molar-refractivity contribution in [3.05, 3.63) is 59.1 Å². The normalized spacial score (nSPS) is 18.9. The zero-order chi connectivity index (χ0) is 17.6. The molecule has 4 rings (SSSR count). The Morgan fingerprint density at radius 2 is 2.00 bits per heavy atom. The molecule has 2 aromatic heterocycles. The second kappa shape index (κ2) is 5.42. The summed E-state index contributed by atoms with van der Waals surface area (Å²) in [6.07, 6.45) is 6.59. The zero-order valence-electron chi connectivity index (χ0n) is 13.0. The number of hydrogen-bond acceptors (Lipinski definition) is 4. The minimum absolute atomic E-state index is 0.261. The summed E-state index contributed by atoms with van der Waals surface area (Å²) in [6.45, 7) is 0. The Morgan fingerprint density at radius 3 is 2.68 bits per heavy atom. The number of aromatic nitrogens is 1. The summed E-state index contributed by atoms with van der Waals surface area (Å²) in [5.41, 5.74) is 12.0. The van der Waals surface area contributed by atoms with Crippen LogP contribution in [0.2, 0.25) is 0 Å². The zero-order valence-corrected chi connectivity index (χ0v) is 13.8. The molecule has 1 aliphatic heterocycles. The average molecular weight is 350 g/mol. The molecule has 0 saturated heterocycles. The van der Waals surface area contributed by atoms with Gasteiger partial charge in [0, 0.05) is 22.8 Å². The maximum Gasteiger partial charge on any atom is 0.254 e. The Kier molecular flexibility index (Phi) is 3.33. The van der Waals surface area contributed by atoms with Gasteiger partial charge in [-0.1, -0.05) is 6.07 Å². The first kappa shape index (κ1) is 15.3. The summed E-state index contributed by atoms with van der Waals surface area (Å²) in [5.74, 6) is -1.26. The molecule has 0 spiro atoms. The number of allylic oxidation sites excluding steroid dienone is 1. The Labute approximate surface area is 146 Å². The van der Waals surface area contributed by atoms with E-state index in [0.29, 0.717) is 4.88 Å². The van der Waals surface area contributed by atoms with Crippen LogP contribution < -0.4 is 11.5 Å². The number of nitrogens with one attached hydrogen (secondary N) is 1. The van der Waals surface area contributed by atoms with Gasteiger partial charge < -0.3 is 16.5 Å². The fraction of sp³-hybridized carbons (Fsp3) is 0.0556. The number of fused-ring (bicyclic) bond motifs is 1. The number of aromatic amines is 1. The van der Waals surface area contributed by atoms with E-state index in [1.165, 1.54) is 17.6 Å². The van der Waals surface area contributed by atoms with Crippen molar-refractivity contribution in [2.75, 3.05) is 0 Å². The van der Waals surface area contributed by atoms with Crippen LogP contribution in [0.3, 0.4) is 0 Å². The third kappa shape index (κ3) is 2.28. The Balaban J connectivity index is 1.91. The first-order valence-electron chi connectivity index (χ1n) is 7.56. The molecule has 0 radical (unpaired) electrons. The van der Waals surface area contributed by atoms with Crippen molar-refractivity contribution in [3.63, 3.8) is 0 Å². The summed E-state index contributed by atoms with van der Waals surface area (Å²) in [5, 5.41) is 1.05. The van der Waals surface area contributed by atoms with Crippen LogP contribution >= 0.6 is 11.3 Å². The van der Waals surface area contributed by atoms with E-state index in [4.69, 9.17) is 11.5 Å². The van der Waals surface area contributed by atoms with E-state index in [9.17, 15) is 9.59 Å². The van der Waals surface area contributed by atoms with Crippen molar-refractivity contribution in [3.8, 4) is 10.4 Å². The number of thiophene rings is 1. The van der Waals surface area contributed by atoms with Crippen molar-refractivity contribution >= 4 is 40.3 Å². The van der Waals surface area contributed by atoms with Crippen LogP contribution in [-0.2, 0) is 10.3 Å². The predicted molar refractivity (Wildman–Crippen MR) is 98.6 cm³/mol. The number of carbonyl (C=O) groups is 2. The standard InChI is InChI=1S/C18H14N4O2S/c19-16(23)12-9-14(11-2-3-13-10(8-11)4-7-21-13)25-15(12)18(17(20)24)5-1-6-22-18/h1-9,21H,(H2,19,23)(H2,20,24). The lowest BCUT2D eigenvalue weighted by Crippen LogP contribution is -2.37. The highest BCUT2D eigenvalue weighted by Crippen LogP contribution is 2.42. The monoisotopic (exact) mass is 350 g/mol. The molecule has 1 aliphatic rings. The molecule has 0 saturated carbocycles. The molecule has 3 aromatic rings. The molecule has 1 unspecified atom stereocenters. The highest BCUT2D eigenvalue weighted by Gasteiger charge is 2.41. The first-order valence-corrected chi connectivity index (χ1v) is 8.37. The minimum atomic E-state index is -1.37. The van der Waals surface area contributed by atoms with E-state index in [1.54, 1.807) is 18.2 Å². The largest absolute Gasteiger partial charge is 0.367 e. The lowest BCUT2D eigenvalue weighted by atomic mass is 9.94. The number of hydrogen-bond donors (Lipinski definition) is 3. The van der Waals surface area contributed by atoms with E-state index < -0.39 is 17.4 Å². The number of carbonyl (C=O) groups excluding carboxylic acids is 2. The number of primary amides is 2. The van der Waals surface area contributed by atoms with Crippen LogP contribution in [0.15, 0.2) is 53.7 Å². The van der Waals surface area contributed by atoms with Crippen LogP contribution in [-0.4, -0.2) is 23.0 Å². The highest BCUT2D eigenvalue weighted by atomic mass is 32.1. The van der Waals surface area contributed by atoms with Gasteiger partial charge in [-0.15, -0.1) is 11.3 Å². The van der Waals surface area contributed by atoms with Gasteiger partial charge in [-0.3, -0.25) is 14.6 Å². The molecule has 0 fully saturated rings. The van der Waals surface area contributed by atoms with E-state index in [1.807, 2.05) is 30.5 Å². The molecule has 124 valence electrons. The molecule has 2 amide bonds. The van der Waals surface area contributed by atoms with Gasteiger partial charge in [-0.2, -0.15) is 0 Å². The van der Waals surface area contributed by atoms with Crippen molar-refractivity contribution in [2.24, 2.45) is 16.5 Å².